The van der Waals surface area contributed by atoms with Crippen molar-refractivity contribution >= 4 is 11.9 Å². The van der Waals surface area contributed by atoms with E-state index in [-0.39, 0.29) is 18.9 Å². The number of amides is 1. The molecule has 0 radical (unpaired) electrons. The van der Waals surface area contributed by atoms with Gasteiger partial charge < -0.3 is 14.4 Å². The summed E-state index contributed by atoms with van der Waals surface area (Å²) in [5, 5.41) is 0. The van der Waals surface area contributed by atoms with Gasteiger partial charge in [0.05, 0.1) is 20.1 Å². The molecule has 1 amide bonds. The summed E-state index contributed by atoms with van der Waals surface area (Å²) in [5.41, 5.74) is 0.876. The van der Waals surface area contributed by atoms with Gasteiger partial charge in [-0.1, -0.05) is 12.1 Å². The van der Waals surface area contributed by atoms with Gasteiger partial charge in [0.1, 0.15) is 12.3 Å². The van der Waals surface area contributed by atoms with Gasteiger partial charge in [-0.05, 0) is 24.6 Å². The van der Waals surface area contributed by atoms with Crippen molar-refractivity contribution in [2.75, 3.05) is 27.3 Å². The molecular formula is C14H19NO4. The van der Waals surface area contributed by atoms with Crippen LogP contribution in [0.1, 0.15) is 12.5 Å². The number of hydrogen-bond donors (Lipinski definition) is 0. The maximum absolute atomic E-state index is 11.9. The van der Waals surface area contributed by atoms with Crippen molar-refractivity contribution in [1.29, 1.82) is 0 Å². The zero-order valence-electron chi connectivity index (χ0n) is 11.5. The molecule has 5 nitrogen and oxygen atoms in total. The highest BCUT2D eigenvalue weighted by Crippen LogP contribution is 2.12. The average molecular weight is 265 g/mol. The minimum absolute atomic E-state index is 0.0250. The Morgan fingerprint density at radius 2 is 1.84 bits per heavy atom. The molecule has 0 heterocycles. The van der Waals surface area contributed by atoms with Crippen LogP contribution in [0.4, 0.5) is 0 Å². The number of nitrogens with zero attached hydrogens (tertiary/aromatic N) is 1. The van der Waals surface area contributed by atoms with E-state index in [1.807, 2.05) is 12.1 Å². The lowest BCUT2D eigenvalue weighted by Crippen LogP contribution is -2.34. The van der Waals surface area contributed by atoms with Crippen LogP contribution in [0, 0.1) is 0 Å². The van der Waals surface area contributed by atoms with Gasteiger partial charge in [-0.25, -0.2) is 0 Å². The van der Waals surface area contributed by atoms with Crippen LogP contribution in [0.2, 0.25) is 0 Å². The molecule has 0 fully saturated rings. The second-order valence-corrected chi connectivity index (χ2v) is 4.08. The van der Waals surface area contributed by atoms with Gasteiger partial charge in [0.2, 0.25) is 5.91 Å². The SMILES string of the molecule is CCOC(=O)CN(C)C(=O)Cc1ccc(OC)cc1. The maximum atomic E-state index is 11.9. The van der Waals surface area contributed by atoms with Gasteiger partial charge in [0.25, 0.3) is 0 Å². The minimum atomic E-state index is -0.395. The van der Waals surface area contributed by atoms with E-state index < -0.39 is 5.97 Å². The number of esters is 1. The van der Waals surface area contributed by atoms with Gasteiger partial charge in [0.15, 0.2) is 0 Å². The fourth-order valence-corrected chi connectivity index (χ4v) is 1.54. The summed E-state index contributed by atoms with van der Waals surface area (Å²) in [6, 6.07) is 7.26. The first-order valence-electron chi connectivity index (χ1n) is 6.09. The van der Waals surface area contributed by atoms with Crippen molar-refractivity contribution in [2.24, 2.45) is 0 Å². The molecule has 0 saturated heterocycles. The molecule has 0 atom stereocenters. The third kappa shape index (κ3) is 4.99. The number of carbonyl (C=O) groups is 2. The Kier molecular flexibility index (Phi) is 5.85. The number of hydrogen-bond acceptors (Lipinski definition) is 4. The smallest absolute Gasteiger partial charge is 0.325 e. The predicted molar refractivity (Wildman–Crippen MR) is 71.0 cm³/mol. The van der Waals surface area contributed by atoms with Crippen molar-refractivity contribution in [3.8, 4) is 5.75 Å². The summed E-state index contributed by atoms with van der Waals surface area (Å²) in [7, 11) is 3.18. The van der Waals surface area contributed by atoms with Gasteiger partial charge in [-0.3, -0.25) is 9.59 Å². The van der Waals surface area contributed by atoms with Crippen molar-refractivity contribution in [1.82, 2.24) is 4.90 Å². The second-order valence-electron chi connectivity index (χ2n) is 4.08. The van der Waals surface area contributed by atoms with Crippen LogP contribution in [0.5, 0.6) is 5.75 Å². The van der Waals surface area contributed by atoms with Gasteiger partial charge in [-0.15, -0.1) is 0 Å². The quantitative estimate of drug-likeness (QED) is 0.727. The van der Waals surface area contributed by atoms with Gasteiger partial charge >= 0.3 is 5.97 Å². The number of ether oxygens (including phenoxy) is 2. The van der Waals surface area contributed by atoms with E-state index in [4.69, 9.17) is 9.47 Å². The van der Waals surface area contributed by atoms with E-state index in [0.717, 1.165) is 11.3 Å². The molecule has 1 aromatic carbocycles. The molecule has 1 rings (SSSR count). The van der Waals surface area contributed by atoms with Crippen LogP contribution >= 0.6 is 0 Å². The van der Waals surface area contributed by atoms with Gasteiger partial charge in [-0.2, -0.15) is 0 Å². The van der Waals surface area contributed by atoms with E-state index in [1.165, 1.54) is 4.90 Å². The fourth-order valence-electron chi connectivity index (χ4n) is 1.54. The molecule has 0 spiro atoms. The first-order chi connectivity index (χ1) is 9.06. The Bertz CT molecular complexity index is 428. The van der Waals surface area contributed by atoms with E-state index >= 15 is 0 Å². The molecule has 1 aromatic rings. The van der Waals surface area contributed by atoms with Crippen LogP contribution in [-0.2, 0) is 20.7 Å². The maximum Gasteiger partial charge on any atom is 0.325 e. The normalized spacial score (nSPS) is 9.84. The first-order valence-corrected chi connectivity index (χ1v) is 6.09. The monoisotopic (exact) mass is 265 g/mol. The highest BCUT2D eigenvalue weighted by atomic mass is 16.5. The highest BCUT2D eigenvalue weighted by Gasteiger charge is 2.13. The molecular weight excluding hydrogens is 246 g/mol. The topological polar surface area (TPSA) is 55.8 Å². The predicted octanol–water partition coefficient (Wildman–Crippen LogP) is 1.26. The van der Waals surface area contributed by atoms with Crippen molar-refractivity contribution in [3.05, 3.63) is 29.8 Å². The molecule has 0 unspecified atom stereocenters. The molecule has 0 N–H and O–H groups in total. The fraction of sp³-hybridized carbons (Fsp3) is 0.429. The van der Waals surface area contributed by atoms with Gasteiger partial charge in [0, 0.05) is 7.05 Å². The average Bonchev–Trinajstić information content (AvgIpc) is 2.39. The summed E-state index contributed by atoms with van der Waals surface area (Å²) in [6.45, 7) is 2.03. The summed E-state index contributed by atoms with van der Waals surface area (Å²) >= 11 is 0. The van der Waals surface area contributed by atoms with Crippen LogP contribution < -0.4 is 4.74 Å². The highest BCUT2D eigenvalue weighted by molar-refractivity contribution is 5.83. The third-order valence-corrected chi connectivity index (χ3v) is 2.61. The van der Waals surface area contributed by atoms with Crippen molar-refractivity contribution in [2.45, 2.75) is 13.3 Å². The Morgan fingerprint density at radius 3 is 2.37 bits per heavy atom. The zero-order chi connectivity index (χ0) is 14.3. The number of likely N-dealkylation sites (N-methyl/N-ethyl adjacent to an activating group) is 1. The molecule has 5 heteroatoms. The lowest BCUT2D eigenvalue weighted by Gasteiger charge is -2.16. The van der Waals surface area contributed by atoms with Crippen LogP contribution in [0.25, 0.3) is 0 Å². The summed E-state index contributed by atoms with van der Waals surface area (Å²) < 4.78 is 9.84. The standard InChI is InChI=1S/C14H19NO4/c1-4-19-14(17)10-15(2)13(16)9-11-5-7-12(18-3)8-6-11/h5-8H,4,9-10H2,1-3H3. The number of carbonyl (C=O) groups excluding carboxylic acids is 2. The molecule has 104 valence electrons. The van der Waals surface area contributed by atoms with Crippen LogP contribution in [-0.4, -0.2) is 44.1 Å². The minimum Gasteiger partial charge on any atom is -0.497 e. The summed E-state index contributed by atoms with van der Waals surface area (Å²) in [6.07, 6.45) is 0.250. The third-order valence-electron chi connectivity index (χ3n) is 2.61. The van der Waals surface area contributed by atoms with Crippen molar-refractivity contribution in [3.63, 3.8) is 0 Å². The second kappa shape index (κ2) is 7.41. The molecule has 0 bridgehead atoms. The van der Waals surface area contributed by atoms with E-state index in [0.29, 0.717) is 6.61 Å². The van der Waals surface area contributed by atoms with E-state index in [1.54, 1.807) is 33.2 Å². The van der Waals surface area contributed by atoms with Crippen molar-refractivity contribution < 1.29 is 19.1 Å². The van der Waals surface area contributed by atoms with E-state index in [2.05, 4.69) is 0 Å². The number of benzene rings is 1. The number of methoxy groups -OCH3 is 1. The Labute approximate surface area is 113 Å². The lowest BCUT2D eigenvalue weighted by atomic mass is 10.1. The molecule has 19 heavy (non-hydrogen) atoms. The molecule has 0 aromatic heterocycles. The largest absolute Gasteiger partial charge is 0.497 e. The molecule has 0 saturated carbocycles. The first kappa shape index (κ1) is 15.0. The van der Waals surface area contributed by atoms with Crippen LogP contribution in [0.15, 0.2) is 24.3 Å². The molecule has 0 aliphatic heterocycles. The lowest BCUT2D eigenvalue weighted by molar-refractivity contribution is -0.147. The Morgan fingerprint density at radius 1 is 1.21 bits per heavy atom. The molecule has 0 aliphatic carbocycles. The van der Waals surface area contributed by atoms with E-state index in [9.17, 15) is 9.59 Å². The summed E-state index contributed by atoms with van der Waals surface area (Å²) in [5.74, 6) is 0.224. The molecule has 0 aliphatic rings. The van der Waals surface area contributed by atoms with Crippen LogP contribution in [0.3, 0.4) is 0 Å². The number of rotatable bonds is 6. The summed E-state index contributed by atoms with van der Waals surface area (Å²) in [4.78, 5) is 24.5. The zero-order valence-corrected chi connectivity index (χ0v) is 11.5. The Hall–Kier alpha value is -2.04. The Balaban J connectivity index is 2.51.